The van der Waals surface area contributed by atoms with Gasteiger partial charge < -0.3 is 23.5 Å². The summed E-state index contributed by atoms with van der Waals surface area (Å²) in [5, 5.41) is 0. The number of rotatable bonds is 7. The summed E-state index contributed by atoms with van der Waals surface area (Å²) in [5.41, 5.74) is 5.36. The van der Waals surface area contributed by atoms with Crippen molar-refractivity contribution >= 4 is 0 Å². The summed E-state index contributed by atoms with van der Waals surface area (Å²) in [6.07, 6.45) is 0.666. The molecule has 1 aromatic heterocycles. The van der Waals surface area contributed by atoms with Crippen LogP contribution >= 0.6 is 0 Å². The molecule has 3 aromatic rings. The molecule has 2 aliphatic rings. The third kappa shape index (κ3) is 4.74. The minimum absolute atomic E-state index is 0.0368. The lowest BCUT2D eigenvalue weighted by Crippen LogP contribution is -2.34. The fourth-order valence-corrected chi connectivity index (χ4v) is 4.72. The average Bonchev–Trinajstić information content (AvgIpc) is 2.87. The van der Waals surface area contributed by atoms with Gasteiger partial charge in [0.05, 0.1) is 25.5 Å². The predicted octanol–water partition coefficient (Wildman–Crippen LogP) is 4.57. The summed E-state index contributed by atoms with van der Waals surface area (Å²) in [4.78, 5) is 13.0. The summed E-state index contributed by atoms with van der Waals surface area (Å²) in [5.74, 6) is 1.66. The number of hydrogen-bond acceptors (Lipinski definition) is 5. The molecule has 0 bridgehead atoms. The van der Waals surface area contributed by atoms with Crippen LogP contribution in [0.3, 0.4) is 0 Å². The molecular formula is C28H31NO5. The predicted molar refractivity (Wildman–Crippen MR) is 131 cm³/mol. The molecule has 0 saturated carbocycles. The number of benzene rings is 2. The number of hydrogen-bond donors (Lipinski definition) is 0. The second-order valence-electron chi connectivity index (χ2n) is 9.14. The Balaban J connectivity index is 1.45. The third-order valence-corrected chi connectivity index (χ3v) is 6.38. The van der Waals surface area contributed by atoms with Gasteiger partial charge in [0.2, 0.25) is 0 Å². The topological polar surface area (TPSA) is 58.9 Å². The van der Waals surface area contributed by atoms with Gasteiger partial charge in [0, 0.05) is 23.7 Å². The van der Waals surface area contributed by atoms with Crippen LogP contribution in [0.25, 0.3) is 11.3 Å². The van der Waals surface area contributed by atoms with Crippen LogP contribution in [0.15, 0.2) is 59.4 Å². The molecule has 6 nitrogen and oxygen atoms in total. The molecule has 1 atom stereocenters. The number of ether oxygens (including phenoxy) is 4. The van der Waals surface area contributed by atoms with Gasteiger partial charge in [-0.15, -0.1) is 0 Å². The number of aryl methyl sites for hydroxylation is 1. The molecule has 0 radical (unpaired) electrons. The van der Waals surface area contributed by atoms with Gasteiger partial charge in [-0.3, -0.25) is 4.79 Å². The second-order valence-corrected chi connectivity index (χ2v) is 9.14. The highest BCUT2D eigenvalue weighted by atomic mass is 16.6. The van der Waals surface area contributed by atoms with E-state index < -0.39 is 0 Å². The fourth-order valence-electron chi connectivity index (χ4n) is 4.72. The highest BCUT2D eigenvalue weighted by molar-refractivity contribution is 5.72. The van der Waals surface area contributed by atoms with Crippen molar-refractivity contribution in [2.24, 2.45) is 0 Å². The largest absolute Gasteiger partial charge is 0.490 e. The van der Waals surface area contributed by atoms with Gasteiger partial charge in [-0.25, -0.2) is 0 Å². The Labute approximate surface area is 200 Å². The van der Waals surface area contributed by atoms with E-state index in [1.165, 1.54) is 5.56 Å². The van der Waals surface area contributed by atoms with Crippen molar-refractivity contribution in [3.05, 3.63) is 81.6 Å². The van der Waals surface area contributed by atoms with E-state index in [4.69, 9.17) is 18.9 Å². The Morgan fingerprint density at radius 1 is 1.06 bits per heavy atom. The molecular weight excluding hydrogens is 430 g/mol. The average molecular weight is 462 g/mol. The summed E-state index contributed by atoms with van der Waals surface area (Å²) >= 11 is 0. The first kappa shape index (κ1) is 22.7. The third-order valence-electron chi connectivity index (χ3n) is 6.38. The van der Waals surface area contributed by atoms with E-state index in [0.717, 1.165) is 34.6 Å². The van der Waals surface area contributed by atoms with Gasteiger partial charge in [0.15, 0.2) is 0 Å². The van der Waals surface area contributed by atoms with Crippen LogP contribution in [-0.2, 0) is 29.0 Å². The smallest absolute Gasteiger partial charge is 0.254 e. The Kier molecular flexibility index (Phi) is 6.70. The summed E-state index contributed by atoms with van der Waals surface area (Å²) in [7, 11) is 0. The lowest BCUT2D eigenvalue weighted by Gasteiger charge is -2.29. The normalized spacial score (nSPS) is 17.2. The van der Waals surface area contributed by atoms with Crippen LogP contribution in [-0.4, -0.2) is 37.1 Å². The Bertz CT molecular complexity index is 1200. The highest BCUT2D eigenvalue weighted by Gasteiger charge is 2.26. The number of pyridine rings is 1. The van der Waals surface area contributed by atoms with Crippen LogP contribution in [0, 0.1) is 0 Å². The monoisotopic (exact) mass is 461 g/mol. The molecule has 178 valence electrons. The first-order valence-corrected chi connectivity index (χ1v) is 12.0. The van der Waals surface area contributed by atoms with Crippen molar-refractivity contribution in [3.8, 4) is 22.8 Å². The SMILES string of the molecule is CC(C)c1c(OCC2COCCO2)cc(=O)n2c1-c1ccc(OCc3ccccc3)cc1CC2. The highest BCUT2D eigenvalue weighted by Crippen LogP contribution is 2.40. The molecule has 0 amide bonds. The number of fused-ring (bicyclic) bond motifs is 3. The minimum atomic E-state index is -0.121. The lowest BCUT2D eigenvalue weighted by atomic mass is 9.89. The van der Waals surface area contributed by atoms with E-state index >= 15 is 0 Å². The molecule has 2 aromatic carbocycles. The quantitative estimate of drug-likeness (QED) is 0.516. The van der Waals surface area contributed by atoms with Gasteiger partial charge in [-0.1, -0.05) is 44.2 Å². The van der Waals surface area contributed by atoms with E-state index in [9.17, 15) is 4.79 Å². The van der Waals surface area contributed by atoms with Crippen LogP contribution < -0.4 is 15.0 Å². The molecule has 1 saturated heterocycles. The van der Waals surface area contributed by atoms with Gasteiger partial charge >= 0.3 is 0 Å². The van der Waals surface area contributed by atoms with Gasteiger partial charge in [-0.05, 0) is 41.7 Å². The van der Waals surface area contributed by atoms with Gasteiger partial charge in [-0.2, -0.15) is 0 Å². The van der Waals surface area contributed by atoms with Crippen LogP contribution in [0.5, 0.6) is 11.5 Å². The molecule has 2 aliphatic heterocycles. The van der Waals surface area contributed by atoms with Crippen molar-refractivity contribution in [2.75, 3.05) is 26.4 Å². The van der Waals surface area contributed by atoms with Crippen LogP contribution in [0.2, 0.25) is 0 Å². The van der Waals surface area contributed by atoms with Crippen molar-refractivity contribution in [3.63, 3.8) is 0 Å². The molecule has 34 heavy (non-hydrogen) atoms. The molecule has 3 heterocycles. The van der Waals surface area contributed by atoms with Crippen molar-refractivity contribution < 1.29 is 18.9 Å². The van der Waals surface area contributed by atoms with E-state index in [-0.39, 0.29) is 17.6 Å². The minimum Gasteiger partial charge on any atom is -0.490 e. The summed E-state index contributed by atoms with van der Waals surface area (Å²) in [6.45, 7) is 7.50. The summed E-state index contributed by atoms with van der Waals surface area (Å²) in [6, 6.07) is 18.0. The zero-order valence-corrected chi connectivity index (χ0v) is 19.8. The Morgan fingerprint density at radius 2 is 1.91 bits per heavy atom. The van der Waals surface area contributed by atoms with E-state index in [2.05, 4.69) is 38.1 Å². The van der Waals surface area contributed by atoms with Crippen molar-refractivity contribution in [2.45, 2.75) is 45.4 Å². The zero-order chi connectivity index (χ0) is 23.5. The van der Waals surface area contributed by atoms with Gasteiger partial charge in [0.1, 0.15) is 30.8 Å². The maximum atomic E-state index is 13.0. The second kappa shape index (κ2) is 10.0. The molecule has 0 aliphatic carbocycles. The van der Waals surface area contributed by atoms with Crippen molar-refractivity contribution in [1.82, 2.24) is 4.57 Å². The molecule has 0 N–H and O–H groups in total. The van der Waals surface area contributed by atoms with E-state index in [0.29, 0.717) is 45.3 Å². The number of nitrogens with zero attached hydrogens (tertiary/aromatic N) is 1. The van der Waals surface area contributed by atoms with Gasteiger partial charge in [0.25, 0.3) is 5.56 Å². The molecule has 5 rings (SSSR count). The molecule has 6 heteroatoms. The van der Waals surface area contributed by atoms with E-state index in [1.807, 2.05) is 28.8 Å². The van der Waals surface area contributed by atoms with Crippen LogP contribution in [0.4, 0.5) is 0 Å². The standard InChI is InChI=1S/C28H31NO5/c1-19(2)27-25(34-18-23-17-31-12-13-32-23)15-26(30)29-11-10-21-14-22(8-9-24(21)28(27)29)33-16-20-6-4-3-5-7-20/h3-9,14-15,19,23H,10-13,16-18H2,1-2H3. The molecule has 1 unspecified atom stereocenters. The van der Waals surface area contributed by atoms with Crippen LogP contribution in [0.1, 0.15) is 36.5 Å². The molecule has 1 fully saturated rings. The fraction of sp³-hybridized carbons (Fsp3) is 0.393. The lowest BCUT2D eigenvalue weighted by molar-refractivity contribution is -0.101. The summed E-state index contributed by atoms with van der Waals surface area (Å²) < 4.78 is 25.3. The first-order chi connectivity index (χ1) is 16.6. The number of aromatic nitrogens is 1. The first-order valence-electron chi connectivity index (χ1n) is 12.0. The van der Waals surface area contributed by atoms with Crippen molar-refractivity contribution in [1.29, 1.82) is 0 Å². The maximum absolute atomic E-state index is 13.0. The Morgan fingerprint density at radius 3 is 2.68 bits per heavy atom. The zero-order valence-electron chi connectivity index (χ0n) is 19.8. The molecule has 0 spiro atoms. The van der Waals surface area contributed by atoms with E-state index in [1.54, 1.807) is 6.07 Å². The maximum Gasteiger partial charge on any atom is 0.254 e. The Hall–Kier alpha value is -3.09.